The molecule has 0 saturated carbocycles. The number of primary amides is 2. The molecule has 42 heteroatoms. The first-order valence-electron chi connectivity index (χ1n) is 35.2. The number of H-pyrrole nitrogens is 1. The van der Waals surface area contributed by atoms with Crippen molar-refractivity contribution in [3.8, 4) is 0 Å². The van der Waals surface area contributed by atoms with Gasteiger partial charge in [0.15, 0.2) is 6.10 Å². The third kappa shape index (κ3) is 31.5. The maximum atomic E-state index is 14.9. The molecule has 22 N–H and O–H groups in total. The molecule has 2 aromatic rings. The van der Waals surface area contributed by atoms with Crippen LogP contribution in [-0.4, -0.2) is 253 Å². The number of carboxylic acids is 4. The quantitative estimate of drug-likeness (QED) is 0.0239. The molecule has 110 heavy (non-hydrogen) atoms. The Labute approximate surface area is 630 Å². The fraction of sp³-hybridized carbons (Fsp3) is 0.588. The molecule has 1 fully saturated rings. The Morgan fingerprint density at radius 2 is 1.18 bits per heavy atom. The summed E-state index contributed by atoms with van der Waals surface area (Å²) in [6, 6.07) is -13.1. The number of aromatic nitrogens is 1. The zero-order valence-corrected chi connectivity index (χ0v) is 62.0. The maximum Gasteiger partial charge on any atom is 0.335 e. The van der Waals surface area contributed by atoms with Gasteiger partial charge in [0.05, 0.1) is 45.3 Å². The number of para-hydroxylation sites is 1. The lowest BCUT2D eigenvalue weighted by Gasteiger charge is -2.32. The number of cyclic esters (lactones) is 1. The van der Waals surface area contributed by atoms with E-state index in [0.717, 1.165) is 47.1 Å². The maximum absolute atomic E-state index is 14.9. The van der Waals surface area contributed by atoms with Crippen molar-refractivity contribution in [3.63, 3.8) is 0 Å². The Hall–Kier alpha value is -11.9. The minimum Gasteiger partial charge on any atom is -0.481 e. The molecule has 14 atom stereocenters. The van der Waals surface area contributed by atoms with E-state index in [4.69, 9.17) is 16.2 Å². The van der Waals surface area contributed by atoms with Crippen molar-refractivity contribution < 1.29 is 126 Å². The van der Waals surface area contributed by atoms with Gasteiger partial charge in [-0.2, -0.15) is 0 Å². The van der Waals surface area contributed by atoms with Gasteiger partial charge in [0.1, 0.15) is 66.5 Å². The van der Waals surface area contributed by atoms with Gasteiger partial charge < -0.3 is 115 Å². The normalized spacial score (nSPS) is 21.7. The first-order valence-corrected chi connectivity index (χ1v) is 35.2. The van der Waals surface area contributed by atoms with Crippen LogP contribution in [0.1, 0.15) is 138 Å². The van der Waals surface area contributed by atoms with Crippen molar-refractivity contribution in [3.05, 3.63) is 36.0 Å². The average Bonchev–Trinajstić information content (AvgIpc) is 1.17. The second-order valence-electron chi connectivity index (χ2n) is 27.0. The van der Waals surface area contributed by atoms with Gasteiger partial charge in [-0.25, -0.2) is 9.59 Å². The number of ether oxygens (including phenoxy) is 1. The lowest BCUT2D eigenvalue weighted by Crippen LogP contribution is -2.62. The Bertz CT molecular complexity index is 3720. The number of aliphatic hydroxyl groups is 1. The second kappa shape index (κ2) is 45.1. The number of nitrogens with zero attached hydrogens (tertiary/aromatic N) is 1. The van der Waals surface area contributed by atoms with Crippen LogP contribution in [0.3, 0.4) is 0 Å². The number of hydrogen-bond acceptors (Lipinski definition) is 22. The van der Waals surface area contributed by atoms with E-state index in [1.165, 1.54) is 13.8 Å². The van der Waals surface area contributed by atoms with Crippen LogP contribution in [0, 0.1) is 17.8 Å². The lowest BCUT2D eigenvalue weighted by molar-refractivity contribution is -0.159. The summed E-state index contributed by atoms with van der Waals surface area (Å²) in [7, 11) is 0.932. The molecule has 3 rings (SSSR count). The number of amides is 15. The fourth-order valence-corrected chi connectivity index (χ4v) is 11.1. The minimum absolute atomic E-state index is 0.00164. The first kappa shape index (κ1) is 92.3. The van der Waals surface area contributed by atoms with E-state index in [1.807, 2.05) is 21.3 Å². The van der Waals surface area contributed by atoms with Crippen molar-refractivity contribution in [2.24, 2.45) is 29.2 Å². The molecule has 0 spiro atoms. The first-order chi connectivity index (χ1) is 51.5. The van der Waals surface area contributed by atoms with Crippen LogP contribution < -0.4 is 75.3 Å². The molecule has 1 aromatic heterocycles. The molecule has 0 radical (unpaired) electrons. The molecule has 14 unspecified atom stereocenters. The summed E-state index contributed by atoms with van der Waals surface area (Å²) in [5.74, 6) is -29.9. The zero-order chi connectivity index (χ0) is 83.0. The Morgan fingerprint density at radius 3 is 1.78 bits per heavy atom. The Balaban J connectivity index is 2.22. The molecular formula is C68H100N16O26. The molecule has 1 aliphatic rings. The third-order valence-corrected chi connectivity index (χ3v) is 17.4. The second-order valence-corrected chi connectivity index (χ2v) is 27.0. The number of unbranched alkanes of at least 4 members (excludes halogenated alkanes) is 3. The van der Waals surface area contributed by atoms with Crippen LogP contribution in [0.15, 0.2) is 30.5 Å². The van der Waals surface area contributed by atoms with Crippen molar-refractivity contribution in [1.82, 2.24) is 73.7 Å². The molecule has 42 nitrogen and oxygen atoms in total. The van der Waals surface area contributed by atoms with E-state index < -0.39 is 261 Å². The van der Waals surface area contributed by atoms with Gasteiger partial charge in [-0.15, -0.1) is 0 Å². The molecule has 0 bridgehead atoms. The van der Waals surface area contributed by atoms with Gasteiger partial charge in [-0.05, 0) is 56.1 Å². The van der Waals surface area contributed by atoms with E-state index in [2.05, 4.69) is 56.0 Å². The van der Waals surface area contributed by atoms with Crippen LogP contribution in [-0.2, 0) is 107 Å². The standard InChI is InChI=1S/C68H100N16O26/c1-9-32(4)54-68(109)110-35(7)55(83-63(103)42(25-45(70)86)79-60(100)39(20-21-50(91)92)77-61(101)40(23-36-27-71-38-18-15-14-17-37(36)38)75-46(87)19-13-11-10-12-16-31(2)3)66(106)84(8)30-49(90)74-34(6)58(98)78-43(26-52(95)96)59(99)72-29-48(89)80-56(57(97)67(107)108)64(104)73-28-47(88)76-41(24-44(69)85)62(102)81-53(65(105)82-54)33(5)22-51(93)94/h14-15,17-18,27,31-35,39-43,53-57,71,97H,9-13,16,19-26,28-30H2,1-8H3,(H2,69,85)(H2,70,86)(H,72,99)(H,73,104)(H,74,90)(H,75,87)(H,76,88)(H,77,101)(H,78,98)(H,79,100)(H,80,89)(H,81,102)(H,82,105)(H,83,103)(H,91,92)(H,93,94)(H,95,96)(H,107,108). The van der Waals surface area contributed by atoms with E-state index in [0.29, 0.717) is 40.1 Å². The predicted octanol–water partition coefficient (Wildman–Crippen LogP) is -6.10. The fourth-order valence-electron chi connectivity index (χ4n) is 11.1. The topological polar surface area (TPSA) is 667 Å². The number of fused-ring (bicyclic) bond motifs is 1. The number of hydrogen-bond donors (Lipinski definition) is 20. The van der Waals surface area contributed by atoms with E-state index >= 15 is 0 Å². The minimum atomic E-state index is -2.80. The van der Waals surface area contributed by atoms with E-state index in [9.17, 15) is 121 Å². The summed E-state index contributed by atoms with van der Waals surface area (Å²) in [4.78, 5) is 273. The summed E-state index contributed by atoms with van der Waals surface area (Å²) in [6.45, 7) is 6.61. The molecule has 608 valence electrons. The number of carbonyl (C=O) groups is 20. The number of carbonyl (C=O) groups excluding carboxylic acids is 16. The Kier molecular flexibility index (Phi) is 37.8. The van der Waals surface area contributed by atoms with Crippen LogP contribution >= 0.6 is 0 Å². The highest BCUT2D eigenvalue weighted by atomic mass is 16.5. The number of nitrogens with two attached hydrogens (primary N) is 2. The SMILES string of the molecule is CCC(C)C1NC(=O)C(C(C)CC(=O)O)NC(=O)C(CC(N)=O)NC(=O)CNC(=O)C(C(O)C(=O)O)NC(=O)CNC(=O)C(CC(=O)O)NC(=O)C(C)NC(=O)CN(C)C(=O)C(NC(=O)C(CC(N)=O)NC(=O)C(CCC(=O)O)NC(=O)C(Cc2c[nH]c3ccccc23)NC(=O)CCCCCCC(C)C)C(C)OC1=O. The third-order valence-electron chi connectivity index (χ3n) is 17.4. The van der Waals surface area contributed by atoms with Gasteiger partial charge in [0.25, 0.3) is 0 Å². The van der Waals surface area contributed by atoms with Crippen molar-refractivity contribution in [2.45, 2.75) is 211 Å². The number of rotatable bonds is 32. The van der Waals surface area contributed by atoms with E-state index in [-0.39, 0.29) is 19.3 Å². The predicted molar refractivity (Wildman–Crippen MR) is 380 cm³/mol. The number of carboxylic acid groups (broad SMARTS) is 4. The van der Waals surface area contributed by atoms with Gasteiger partial charge in [0, 0.05) is 43.4 Å². The molecule has 2 heterocycles. The van der Waals surface area contributed by atoms with Crippen LogP contribution in [0.2, 0.25) is 0 Å². The molecule has 1 saturated heterocycles. The van der Waals surface area contributed by atoms with Crippen LogP contribution in [0.5, 0.6) is 0 Å². The molecule has 0 aliphatic carbocycles. The monoisotopic (exact) mass is 1560 g/mol. The molecule has 15 amide bonds. The largest absolute Gasteiger partial charge is 0.481 e. The number of esters is 1. The molecular weight excluding hydrogens is 1460 g/mol. The van der Waals surface area contributed by atoms with Crippen molar-refractivity contribution >= 4 is 129 Å². The summed E-state index contributed by atoms with van der Waals surface area (Å²) in [5, 5.41) is 75.9. The van der Waals surface area contributed by atoms with Crippen molar-refractivity contribution in [1.29, 1.82) is 0 Å². The summed E-state index contributed by atoms with van der Waals surface area (Å²) in [5.41, 5.74) is 12.2. The molecule has 1 aromatic carbocycles. The number of nitrogens with one attached hydrogen (secondary N) is 13. The van der Waals surface area contributed by atoms with Crippen LogP contribution in [0.4, 0.5) is 0 Å². The van der Waals surface area contributed by atoms with Gasteiger partial charge >= 0.3 is 29.8 Å². The zero-order valence-electron chi connectivity index (χ0n) is 62.0. The highest BCUT2D eigenvalue weighted by Crippen LogP contribution is 2.21. The number of aromatic amines is 1. The number of aliphatic carboxylic acids is 4. The Morgan fingerprint density at radius 1 is 0.582 bits per heavy atom. The van der Waals surface area contributed by atoms with Crippen molar-refractivity contribution in [2.75, 3.05) is 26.7 Å². The lowest BCUT2D eigenvalue weighted by atomic mass is 9.94. The van der Waals surface area contributed by atoms with Crippen LogP contribution in [0.25, 0.3) is 10.9 Å². The van der Waals surface area contributed by atoms with Gasteiger partial charge in [-0.3, -0.25) is 86.3 Å². The van der Waals surface area contributed by atoms with E-state index in [1.54, 1.807) is 35.8 Å². The summed E-state index contributed by atoms with van der Waals surface area (Å²) < 4.78 is 5.77. The number of benzene rings is 1. The van der Waals surface area contributed by atoms with Gasteiger partial charge in [0.2, 0.25) is 88.6 Å². The highest BCUT2D eigenvalue weighted by Gasteiger charge is 2.42. The highest BCUT2D eigenvalue weighted by molar-refractivity contribution is 6.02. The number of likely N-dealkylation sites (N-methyl/N-ethyl adjacent to an activating group) is 1. The number of aliphatic hydroxyl groups excluding tert-OH is 1. The average molecular weight is 1560 g/mol. The summed E-state index contributed by atoms with van der Waals surface area (Å²) in [6.07, 6.45) is -5.31. The smallest absolute Gasteiger partial charge is 0.335 e. The van der Waals surface area contributed by atoms with Gasteiger partial charge in [-0.1, -0.05) is 84.9 Å². The molecule has 1 aliphatic heterocycles. The summed E-state index contributed by atoms with van der Waals surface area (Å²) >= 11 is 0.